The molecule has 0 aromatic heterocycles. The van der Waals surface area contributed by atoms with Crippen LogP contribution < -0.4 is 5.32 Å². The van der Waals surface area contributed by atoms with Crippen LogP contribution in [-0.2, 0) is 0 Å². The molecule has 2 atom stereocenters. The van der Waals surface area contributed by atoms with Crippen LogP contribution in [0.5, 0.6) is 0 Å². The van der Waals surface area contributed by atoms with Crippen molar-refractivity contribution in [2.45, 2.75) is 43.0 Å². The van der Waals surface area contributed by atoms with Crippen molar-refractivity contribution in [2.75, 3.05) is 0 Å². The molecule has 1 saturated carbocycles. The Kier molecular flexibility index (Phi) is 4.38. The van der Waals surface area contributed by atoms with Crippen molar-refractivity contribution in [2.24, 2.45) is 4.99 Å². The van der Waals surface area contributed by atoms with E-state index in [2.05, 4.69) is 66.0 Å². The van der Waals surface area contributed by atoms with Crippen molar-refractivity contribution in [3.05, 3.63) is 71.8 Å². The van der Waals surface area contributed by atoms with Gasteiger partial charge in [0, 0.05) is 0 Å². The summed E-state index contributed by atoms with van der Waals surface area (Å²) in [4.78, 5) is 4.97. The molecule has 0 amide bonds. The van der Waals surface area contributed by atoms with Gasteiger partial charge in [0.25, 0.3) is 0 Å². The van der Waals surface area contributed by atoms with Gasteiger partial charge in [-0.25, -0.2) is 0 Å². The average Bonchev–Trinajstić information content (AvgIpc) is 3.04. The molecule has 1 N–H and O–H groups in total. The first-order valence-electron chi connectivity index (χ1n) is 8.51. The Hall–Kier alpha value is -1.74. The van der Waals surface area contributed by atoms with Gasteiger partial charge in [0.1, 0.15) is 0 Å². The Morgan fingerprint density at radius 1 is 0.870 bits per heavy atom. The van der Waals surface area contributed by atoms with Crippen molar-refractivity contribution in [3.63, 3.8) is 0 Å². The summed E-state index contributed by atoms with van der Waals surface area (Å²) in [6.07, 6.45) is 5.16. The molecule has 2 nitrogen and oxygen atoms in total. The lowest BCUT2D eigenvalue weighted by molar-refractivity contribution is 0.385. The van der Waals surface area contributed by atoms with Crippen molar-refractivity contribution >= 4 is 16.9 Å². The largest absolute Gasteiger partial charge is 0.360 e. The topological polar surface area (TPSA) is 24.4 Å². The molecule has 2 aromatic rings. The molecule has 3 heteroatoms. The lowest BCUT2D eigenvalue weighted by Crippen LogP contribution is -2.36. The van der Waals surface area contributed by atoms with E-state index in [-0.39, 0.29) is 0 Å². The van der Waals surface area contributed by atoms with Gasteiger partial charge in [0.2, 0.25) is 0 Å². The fourth-order valence-corrected chi connectivity index (χ4v) is 4.77. The van der Waals surface area contributed by atoms with Crippen LogP contribution >= 0.6 is 11.8 Å². The van der Waals surface area contributed by atoms with Gasteiger partial charge in [-0.15, -0.1) is 0 Å². The first-order chi connectivity index (χ1) is 11.4. The lowest BCUT2D eigenvalue weighted by atomic mass is 9.92. The highest BCUT2D eigenvalue weighted by atomic mass is 32.2. The molecule has 118 valence electrons. The molecule has 0 spiro atoms. The Bertz CT molecular complexity index is 629. The third-order valence-electron chi connectivity index (χ3n) is 4.76. The second-order valence-corrected chi connectivity index (χ2v) is 7.45. The molecular weight excluding hydrogens is 300 g/mol. The van der Waals surface area contributed by atoms with E-state index < -0.39 is 0 Å². The molecule has 0 radical (unpaired) electrons. The van der Waals surface area contributed by atoms with Gasteiger partial charge in [0.05, 0.1) is 17.3 Å². The zero-order valence-electron chi connectivity index (χ0n) is 13.2. The SMILES string of the molecule is c1ccc(C(SC2=N[C@H]3CCCC[C@H]3N2)c2ccccc2)cc1. The fourth-order valence-electron chi connectivity index (χ4n) is 3.54. The van der Waals surface area contributed by atoms with E-state index in [9.17, 15) is 0 Å². The minimum Gasteiger partial charge on any atom is -0.360 e. The summed E-state index contributed by atoms with van der Waals surface area (Å²) >= 11 is 1.86. The number of hydrogen-bond donors (Lipinski definition) is 1. The zero-order chi connectivity index (χ0) is 15.5. The smallest absolute Gasteiger partial charge is 0.158 e. The van der Waals surface area contributed by atoms with Crippen LogP contribution in [0.1, 0.15) is 42.1 Å². The molecule has 23 heavy (non-hydrogen) atoms. The molecular formula is C20H22N2S. The van der Waals surface area contributed by atoms with Crippen LogP contribution in [0.3, 0.4) is 0 Å². The van der Waals surface area contributed by atoms with Gasteiger partial charge >= 0.3 is 0 Å². The van der Waals surface area contributed by atoms with E-state index in [0.29, 0.717) is 17.3 Å². The number of thioether (sulfide) groups is 1. The van der Waals surface area contributed by atoms with Crippen LogP contribution in [0.2, 0.25) is 0 Å². The molecule has 2 aromatic carbocycles. The molecule has 1 aliphatic carbocycles. The Morgan fingerprint density at radius 2 is 1.48 bits per heavy atom. The maximum absolute atomic E-state index is 4.97. The third kappa shape index (κ3) is 3.30. The molecule has 1 heterocycles. The van der Waals surface area contributed by atoms with E-state index in [1.807, 2.05) is 11.8 Å². The second-order valence-electron chi connectivity index (χ2n) is 6.36. The van der Waals surface area contributed by atoms with E-state index in [1.165, 1.54) is 36.8 Å². The average molecular weight is 322 g/mol. The second kappa shape index (κ2) is 6.79. The summed E-state index contributed by atoms with van der Waals surface area (Å²) in [7, 11) is 0. The number of nitrogens with zero attached hydrogens (tertiary/aromatic N) is 1. The van der Waals surface area contributed by atoms with E-state index in [0.717, 1.165) is 5.17 Å². The standard InChI is InChI=1S/C20H22N2S/c1-3-9-15(10-4-1)19(16-11-5-2-6-12-16)23-20-21-17-13-7-8-14-18(17)22-20/h1-6,9-12,17-19H,7-8,13-14H2,(H,21,22)/t17-,18+. The van der Waals surface area contributed by atoms with Gasteiger partial charge in [0.15, 0.2) is 5.17 Å². The van der Waals surface area contributed by atoms with Crippen molar-refractivity contribution in [1.29, 1.82) is 0 Å². The van der Waals surface area contributed by atoms with Gasteiger partial charge in [-0.05, 0) is 24.0 Å². The van der Waals surface area contributed by atoms with Crippen molar-refractivity contribution in [3.8, 4) is 0 Å². The monoisotopic (exact) mass is 322 g/mol. The molecule has 0 saturated heterocycles. The third-order valence-corrected chi connectivity index (χ3v) is 5.98. The summed E-state index contributed by atoms with van der Waals surface area (Å²) in [5.41, 5.74) is 2.67. The molecule has 0 unspecified atom stereocenters. The number of aliphatic imine (C=N–C) groups is 1. The van der Waals surface area contributed by atoms with E-state index in [4.69, 9.17) is 4.99 Å². The highest BCUT2D eigenvalue weighted by Crippen LogP contribution is 2.38. The lowest BCUT2D eigenvalue weighted by Gasteiger charge is -2.23. The molecule has 2 aliphatic rings. The number of fused-ring (bicyclic) bond motifs is 1. The number of amidine groups is 1. The Balaban J connectivity index is 1.59. The van der Waals surface area contributed by atoms with Gasteiger partial charge in [-0.1, -0.05) is 85.3 Å². The molecule has 0 bridgehead atoms. The van der Waals surface area contributed by atoms with Crippen LogP contribution in [0, 0.1) is 0 Å². The van der Waals surface area contributed by atoms with Crippen molar-refractivity contribution < 1.29 is 0 Å². The predicted molar refractivity (Wildman–Crippen MR) is 98.9 cm³/mol. The minimum atomic E-state index is 0.295. The van der Waals surface area contributed by atoms with Gasteiger partial charge < -0.3 is 5.32 Å². The summed E-state index contributed by atoms with van der Waals surface area (Å²) in [5.74, 6) is 0. The maximum Gasteiger partial charge on any atom is 0.158 e. The van der Waals surface area contributed by atoms with Crippen molar-refractivity contribution in [1.82, 2.24) is 5.32 Å². The molecule has 1 aliphatic heterocycles. The van der Waals surface area contributed by atoms with E-state index >= 15 is 0 Å². The molecule has 1 fully saturated rings. The minimum absolute atomic E-state index is 0.295. The highest BCUT2D eigenvalue weighted by Gasteiger charge is 2.32. The maximum atomic E-state index is 4.97. The number of hydrogen-bond acceptors (Lipinski definition) is 3. The molecule has 4 rings (SSSR count). The normalized spacial score (nSPS) is 23.3. The van der Waals surface area contributed by atoms with Crippen LogP contribution in [0.15, 0.2) is 65.7 Å². The van der Waals surface area contributed by atoms with E-state index in [1.54, 1.807) is 0 Å². The van der Waals surface area contributed by atoms with Crippen LogP contribution in [0.25, 0.3) is 0 Å². The summed E-state index contributed by atoms with van der Waals surface area (Å²) in [5, 5.41) is 5.10. The van der Waals surface area contributed by atoms with Crippen LogP contribution in [-0.4, -0.2) is 17.3 Å². The highest BCUT2D eigenvalue weighted by molar-refractivity contribution is 8.14. The quantitative estimate of drug-likeness (QED) is 0.879. The van der Waals surface area contributed by atoms with Gasteiger partial charge in [-0.2, -0.15) is 0 Å². The predicted octanol–water partition coefficient (Wildman–Crippen LogP) is 4.78. The summed E-state index contributed by atoms with van der Waals surface area (Å²) in [6.45, 7) is 0. The Morgan fingerprint density at radius 3 is 2.09 bits per heavy atom. The van der Waals surface area contributed by atoms with Crippen LogP contribution in [0.4, 0.5) is 0 Å². The first-order valence-corrected chi connectivity index (χ1v) is 9.39. The number of nitrogens with one attached hydrogen (secondary N) is 1. The fraction of sp³-hybridized carbons (Fsp3) is 0.350. The Labute approximate surface area is 142 Å². The number of rotatable bonds is 3. The zero-order valence-corrected chi connectivity index (χ0v) is 14.0. The first kappa shape index (κ1) is 14.8. The van der Waals surface area contributed by atoms with Gasteiger partial charge in [-0.3, -0.25) is 4.99 Å². The number of benzene rings is 2. The summed E-state index contributed by atoms with van der Waals surface area (Å²) < 4.78 is 0. The summed E-state index contributed by atoms with van der Waals surface area (Å²) in [6, 6.07) is 22.6.